The summed E-state index contributed by atoms with van der Waals surface area (Å²) in [6.45, 7) is 7.93. The lowest BCUT2D eigenvalue weighted by Gasteiger charge is -2.09. The van der Waals surface area contributed by atoms with Gasteiger partial charge in [0.15, 0.2) is 0 Å². The van der Waals surface area contributed by atoms with Gasteiger partial charge in [-0.25, -0.2) is 0 Å². The van der Waals surface area contributed by atoms with Crippen molar-refractivity contribution in [2.45, 2.75) is 13.8 Å². The minimum Gasteiger partial charge on any atom is -0.405 e. The van der Waals surface area contributed by atoms with Gasteiger partial charge in [-0.2, -0.15) is 0 Å². The molecule has 0 bridgehead atoms. The number of hydrogen-bond acceptors (Lipinski definition) is 1. The topological polar surface area (TPSA) is 26.0 Å². The molecule has 9 heavy (non-hydrogen) atoms. The second-order valence-corrected chi connectivity index (χ2v) is 2.34. The molecule has 0 saturated carbocycles. The van der Waals surface area contributed by atoms with Crippen LogP contribution < -0.4 is 5.73 Å². The summed E-state index contributed by atoms with van der Waals surface area (Å²) >= 11 is 0. The smallest absolute Gasteiger partial charge is 0.0100 e. The van der Waals surface area contributed by atoms with E-state index >= 15 is 0 Å². The van der Waals surface area contributed by atoms with Crippen LogP contribution in [0.1, 0.15) is 13.8 Å². The van der Waals surface area contributed by atoms with Crippen molar-refractivity contribution < 1.29 is 0 Å². The van der Waals surface area contributed by atoms with Crippen LogP contribution in [0.4, 0.5) is 0 Å². The highest BCUT2D eigenvalue weighted by molar-refractivity contribution is 4.91. The van der Waals surface area contributed by atoms with Crippen molar-refractivity contribution in [1.29, 1.82) is 0 Å². The van der Waals surface area contributed by atoms with Crippen LogP contribution >= 0.6 is 0 Å². The van der Waals surface area contributed by atoms with E-state index in [-0.39, 0.29) is 0 Å². The molecule has 0 amide bonds. The molecule has 0 aromatic carbocycles. The molecule has 2 N–H and O–H groups in total. The molecular formula is C8H15N. The molecule has 0 aromatic heterocycles. The third-order valence-corrected chi connectivity index (χ3v) is 1.62. The summed E-state index contributed by atoms with van der Waals surface area (Å²) in [5.41, 5.74) is 5.21. The Bertz CT molecular complexity index is 105. The molecule has 0 aliphatic carbocycles. The van der Waals surface area contributed by atoms with Crippen LogP contribution in [-0.4, -0.2) is 0 Å². The Morgan fingerprint density at radius 3 is 2.22 bits per heavy atom. The SMILES string of the molecule is C=CC(C)C(C)/C=C\N. The summed E-state index contributed by atoms with van der Waals surface area (Å²) in [6, 6.07) is 0. The summed E-state index contributed by atoms with van der Waals surface area (Å²) < 4.78 is 0. The van der Waals surface area contributed by atoms with Crippen LogP contribution in [0.15, 0.2) is 24.9 Å². The molecule has 0 aliphatic heterocycles. The van der Waals surface area contributed by atoms with E-state index in [2.05, 4.69) is 20.4 Å². The van der Waals surface area contributed by atoms with E-state index in [1.54, 1.807) is 6.20 Å². The lowest BCUT2D eigenvalue weighted by molar-refractivity contribution is 0.558. The van der Waals surface area contributed by atoms with Crippen molar-refractivity contribution in [2.24, 2.45) is 17.6 Å². The second-order valence-electron chi connectivity index (χ2n) is 2.34. The van der Waals surface area contributed by atoms with Crippen molar-refractivity contribution in [3.05, 3.63) is 24.9 Å². The summed E-state index contributed by atoms with van der Waals surface area (Å²) in [4.78, 5) is 0. The van der Waals surface area contributed by atoms with Crippen LogP contribution in [0.3, 0.4) is 0 Å². The summed E-state index contributed by atoms with van der Waals surface area (Å²) in [5.74, 6) is 1.03. The highest BCUT2D eigenvalue weighted by Crippen LogP contribution is 2.11. The first-order chi connectivity index (χ1) is 4.22. The Morgan fingerprint density at radius 2 is 1.89 bits per heavy atom. The molecule has 1 heteroatoms. The van der Waals surface area contributed by atoms with Crippen molar-refractivity contribution in [3.8, 4) is 0 Å². The van der Waals surface area contributed by atoms with Gasteiger partial charge in [-0.15, -0.1) is 6.58 Å². The van der Waals surface area contributed by atoms with Gasteiger partial charge in [-0.3, -0.25) is 0 Å². The maximum absolute atomic E-state index is 5.21. The molecular weight excluding hydrogens is 110 g/mol. The van der Waals surface area contributed by atoms with Crippen molar-refractivity contribution >= 4 is 0 Å². The fourth-order valence-electron chi connectivity index (χ4n) is 0.565. The van der Waals surface area contributed by atoms with E-state index in [9.17, 15) is 0 Å². The van der Waals surface area contributed by atoms with Gasteiger partial charge in [-0.1, -0.05) is 26.0 Å². The number of allylic oxidation sites excluding steroid dienone is 2. The Balaban J connectivity index is 3.71. The van der Waals surface area contributed by atoms with E-state index in [4.69, 9.17) is 5.73 Å². The van der Waals surface area contributed by atoms with Gasteiger partial charge in [0, 0.05) is 0 Å². The second kappa shape index (κ2) is 4.19. The van der Waals surface area contributed by atoms with Gasteiger partial charge in [-0.05, 0) is 18.0 Å². The van der Waals surface area contributed by atoms with Crippen molar-refractivity contribution in [3.63, 3.8) is 0 Å². The van der Waals surface area contributed by atoms with Crippen LogP contribution in [0.25, 0.3) is 0 Å². The zero-order chi connectivity index (χ0) is 7.28. The molecule has 52 valence electrons. The Morgan fingerprint density at radius 1 is 1.33 bits per heavy atom. The fourth-order valence-corrected chi connectivity index (χ4v) is 0.565. The molecule has 2 atom stereocenters. The first kappa shape index (κ1) is 8.28. The van der Waals surface area contributed by atoms with Gasteiger partial charge in [0.05, 0.1) is 0 Å². The molecule has 0 saturated heterocycles. The highest BCUT2D eigenvalue weighted by Gasteiger charge is 2.02. The first-order valence-electron chi connectivity index (χ1n) is 3.23. The van der Waals surface area contributed by atoms with Gasteiger partial charge in [0.25, 0.3) is 0 Å². The average molecular weight is 125 g/mol. The quantitative estimate of drug-likeness (QED) is 0.573. The minimum atomic E-state index is 0.507. The number of hydrogen-bond donors (Lipinski definition) is 1. The Labute approximate surface area is 57.3 Å². The number of rotatable bonds is 3. The predicted octanol–water partition coefficient (Wildman–Crippen LogP) is 1.92. The Hall–Kier alpha value is -0.720. The van der Waals surface area contributed by atoms with Crippen LogP contribution in [0.5, 0.6) is 0 Å². The van der Waals surface area contributed by atoms with E-state index < -0.39 is 0 Å². The van der Waals surface area contributed by atoms with E-state index in [0.29, 0.717) is 11.8 Å². The first-order valence-corrected chi connectivity index (χ1v) is 3.23. The molecule has 0 heterocycles. The molecule has 0 rings (SSSR count). The van der Waals surface area contributed by atoms with E-state index in [1.165, 1.54) is 0 Å². The maximum Gasteiger partial charge on any atom is -0.0100 e. The third kappa shape index (κ3) is 2.96. The third-order valence-electron chi connectivity index (χ3n) is 1.62. The normalized spacial score (nSPS) is 17.6. The molecule has 0 radical (unpaired) electrons. The summed E-state index contributed by atoms with van der Waals surface area (Å²) in [6.07, 6.45) is 5.50. The largest absolute Gasteiger partial charge is 0.405 e. The maximum atomic E-state index is 5.21. The molecule has 0 fully saturated rings. The summed E-state index contributed by atoms with van der Waals surface area (Å²) in [5, 5.41) is 0. The lowest BCUT2D eigenvalue weighted by Crippen LogP contribution is -2.01. The summed E-state index contributed by atoms with van der Waals surface area (Å²) in [7, 11) is 0. The minimum absolute atomic E-state index is 0.507. The average Bonchev–Trinajstić information content (AvgIpc) is 1.87. The van der Waals surface area contributed by atoms with Gasteiger partial charge in [0.2, 0.25) is 0 Å². The highest BCUT2D eigenvalue weighted by atomic mass is 14.5. The van der Waals surface area contributed by atoms with Crippen LogP contribution in [0.2, 0.25) is 0 Å². The zero-order valence-corrected chi connectivity index (χ0v) is 6.17. The zero-order valence-electron chi connectivity index (χ0n) is 6.17. The van der Waals surface area contributed by atoms with Gasteiger partial charge in [0.1, 0.15) is 0 Å². The molecule has 1 nitrogen and oxygen atoms in total. The van der Waals surface area contributed by atoms with Crippen LogP contribution in [0, 0.1) is 11.8 Å². The molecule has 0 aliphatic rings. The number of nitrogens with two attached hydrogens (primary N) is 1. The Kier molecular flexibility index (Phi) is 3.85. The monoisotopic (exact) mass is 125 g/mol. The van der Waals surface area contributed by atoms with Gasteiger partial charge >= 0.3 is 0 Å². The van der Waals surface area contributed by atoms with E-state index in [0.717, 1.165) is 0 Å². The van der Waals surface area contributed by atoms with Crippen LogP contribution in [-0.2, 0) is 0 Å². The van der Waals surface area contributed by atoms with Gasteiger partial charge < -0.3 is 5.73 Å². The van der Waals surface area contributed by atoms with E-state index in [1.807, 2.05) is 12.2 Å². The predicted molar refractivity (Wildman–Crippen MR) is 41.9 cm³/mol. The lowest BCUT2D eigenvalue weighted by atomic mass is 9.96. The standard InChI is InChI=1S/C8H15N/c1-4-7(2)8(3)5-6-9/h4-8H,1,9H2,2-3H3/b6-5-. The van der Waals surface area contributed by atoms with Crippen molar-refractivity contribution in [1.82, 2.24) is 0 Å². The molecule has 2 unspecified atom stereocenters. The fraction of sp³-hybridized carbons (Fsp3) is 0.500. The molecule has 0 spiro atoms. The van der Waals surface area contributed by atoms with Crippen molar-refractivity contribution in [2.75, 3.05) is 0 Å². The molecule has 0 aromatic rings.